The number of nitrogens with one attached hydrogen (secondary N) is 1. The van der Waals surface area contributed by atoms with Crippen LogP contribution in [0.25, 0.3) is 10.6 Å². The summed E-state index contributed by atoms with van der Waals surface area (Å²) in [7, 11) is 0. The highest BCUT2D eigenvalue weighted by Gasteiger charge is 2.38. The molecule has 9 nitrogen and oxygen atoms in total. The van der Waals surface area contributed by atoms with Gasteiger partial charge in [-0.25, -0.2) is 13.6 Å². The molecule has 30 heavy (non-hydrogen) atoms. The van der Waals surface area contributed by atoms with Gasteiger partial charge < -0.3 is 20.1 Å². The average Bonchev–Trinajstić information content (AvgIpc) is 3.18. The number of benzene rings is 1. The smallest absolute Gasteiger partial charge is 0.407 e. The Labute approximate surface area is 173 Å². The van der Waals surface area contributed by atoms with Gasteiger partial charge in [0.25, 0.3) is 5.91 Å². The molecule has 0 aliphatic carbocycles. The largest absolute Gasteiger partial charge is 0.466 e. The molecule has 1 aliphatic heterocycles. The molecule has 160 valence electrons. The highest BCUT2D eigenvalue weighted by Crippen LogP contribution is 2.27. The van der Waals surface area contributed by atoms with Crippen molar-refractivity contribution in [3.8, 4) is 10.6 Å². The average molecular weight is 440 g/mol. The number of halogens is 2. The van der Waals surface area contributed by atoms with Gasteiger partial charge in [0.1, 0.15) is 11.6 Å². The Morgan fingerprint density at radius 1 is 1.33 bits per heavy atom. The number of likely N-dealkylation sites (tertiary alicyclic amines) is 1. The number of hydrogen-bond acceptors (Lipinski definition) is 7. The summed E-state index contributed by atoms with van der Waals surface area (Å²) < 4.78 is 32.0. The first-order valence-corrected chi connectivity index (χ1v) is 9.86. The number of rotatable bonds is 5. The minimum absolute atomic E-state index is 0.00659. The molecule has 1 aromatic heterocycles. The number of amides is 2. The lowest BCUT2D eigenvalue weighted by atomic mass is 9.92. The van der Waals surface area contributed by atoms with E-state index in [4.69, 9.17) is 4.74 Å². The fraction of sp³-hybridized carbons (Fsp3) is 0.389. The van der Waals surface area contributed by atoms with Gasteiger partial charge in [-0.2, -0.15) is 0 Å². The summed E-state index contributed by atoms with van der Waals surface area (Å²) in [6, 6.07) is 2.31. The molecule has 3 rings (SSSR count). The van der Waals surface area contributed by atoms with Crippen molar-refractivity contribution in [2.45, 2.75) is 19.4 Å². The van der Waals surface area contributed by atoms with E-state index in [1.807, 2.05) is 0 Å². The molecule has 1 fully saturated rings. The van der Waals surface area contributed by atoms with E-state index < -0.39 is 41.6 Å². The minimum atomic E-state index is -1.16. The van der Waals surface area contributed by atoms with Crippen LogP contribution in [0.2, 0.25) is 0 Å². The molecular formula is C18H18F2N4O5S. The molecule has 2 amide bonds. The maximum atomic E-state index is 13.9. The molecule has 12 heteroatoms. The van der Waals surface area contributed by atoms with Crippen molar-refractivity contribution in [3.63, 3.8) is 0 Å². The second-order valence-corrected chi connectivity index (χ2v) is 7.47. The summed E-state index contributed by atoms with van der Waals surface area (Å²) in [4.78, 5) is 37.2. The summed E-state index contributed by atoms with van der Waals surface area (Å²) in [5.74, 6) is -3.69. The van der Waals surface area contributed by atoms with Crippen LogP contribution in [0.1, 0.15) is 23.1 Å². The van der Waals surface area contributed by atoms with Gasteiger partial charge in [-0.05, 0) is 25.5 Å². The van der Waals surface area contributed by atoms with Gasteiger partial charge in [0.2, 0.25) is 5.01 Å². The van der Waals surface area contributed by atoms with Crippen LogP contribution < -0.4 is 5.32 Å². The van der Waals surface area contributed by atoms with E-state index in [1.54, 1.807) is 6.92 Å². The maximum Gasteiger partial charge on any atom is 0.407 e. The van der Waals surface area contributed by atoms with E-state index in [1.165, 1.54) is 6.07 Å². The first-order valence-electron chi connectivity index (χ1n) is 9.04. The number of piperidine rings is 1. The van der Waals surface area contributed by atoms with Crippen LogP contribution in [0, 0.1) is 17.6 Å². The standard InChI is InChI=1S/C18H18F2N4O5S/c1-2-29-17(26)11-8-24(18(27)28)6-5-13(11)21-14(25)16-23-22-15(30-16)10-4-3-9(19)7-12(10)20/h3-4,7,11,13H,2,5-6,8H2,1H3,(H,21,25)(H,27,28)/t11-,13+/m1/s1. The topological polar surface area (TPSA) is 122 Å². The van der Waals surface area contributed by atoms with Crippen LogP contribution >= 0.6 is 11.3 Å². The number of carbonyl (C=O) groups excluding carboxylic acids is 2. The number of carboxylic acid groups (broad SMARTS) is 1. The van der Waals surface area contributed by atoms with Crippen LogP contribution in [0.15, 0.2) is 18.2 Å². The quantitative estimate of drug-likeness (QED) is 0.683. The highest BCUT2D eigenvalue weighted by atomic mass is 32.1. The Balaban J connectivity index is 1.74. The summed E-state index contributed by atoms with van der Waals surface area (Å²) in [5.41, 5.74) is 0.00659. The second-order valence-electron chi connectivity index (χ2n) is 6.49. The third-order valence-corrected chi connectivity index (χ3v) is 5.53. The minimum Gasteiger partial charge on any atom is -0.466 e. The van der Waals surface area contributed by atoms with E-state index in [2.05, 4.69) is 15.5 Å². The molecule has 2 heterocycles. The molecule has 0 radical (unpaired) electrons. The van der Waals surface area contributed by atoms with Gasteiger partial charge in [0.15, 0.2) is 5.01 Å². The number of nitrogens with zero attached hydrogens (tertiary/aromatic N) is 3. The Kier molecular flexibility index (Phi) is 6.55. The maximum absolute atomic E-state index is 13.9. The zero-order valence-electron chi connectivity index (χ0n) is 15.8. The van der Waals surface area contributed by atoms with Gasteiger partial charge in [0.05, 0.1) is 12.5 Å². The zero-order chi connectivity index (χ0) is 21.8. The lowest BCUT2D eigenvalue weighted by molar-refractivity contribution is -0.150. The second kappa shape index (κ2) is 9.11. The van der Waals surface area contributed by atoms with Crippen LogP contribution in [-0.4, -0.2) is 63.9 Å². The lowest BCUT2D eigenvalue weighted by Gasteiger charge is -2.35. The number of hydrogen-bond donors (Lipinski definition) is 2. The van der Waals surface area contributed by atoms with Gasteiger partial charge in [0, 0.05) is 30.8 Å². The van der Waals surface area contributed by atoms with Crippen molar-refractivity contribution in [1.29, 1.82) is 0 Å². The Morgan fingerprint density at radius 2 is 2.10 bits per heavy atom. The van der Waals surface area contributed by atoms with Crippen molar-refractivity contribution < 1.29 is 33.0 Å². The third-order valence-electron chi connectivity index (χ3n) is 4.57. The lowest BCUT2D eigenvalue weighted by Crippen LogP contribution is -2.55. The van der Waals surface area contributed by atoms with Crippen molar-refractivity contribution in [1.82, 2.24) is 20.4 Å². The number of carbonyl (C=O) groups is 3. The fourth-order valence-corrected chi connectivity index (χ4v) is 3.88. The van der Waals surface area contributed by atoms with E-state index in [-0.39, 0.29) is 41.7 Å². The first kappa shape index (κ1) is 21.6. The monoisotopic (exact) mass is 440 g/mol. The van der Waals surface area contributed by atoms with Crippen molar-refractivity contribution in [2.24, 2.45) is 5.92 Å². The number of aromatic nitrogens is 2. The predicted octanol–water partition coefficient (Wildman–Crippen LogP) is 2.14. The third kappa shape index (κ3) is 4.70. The number of esters is 1. The Morgan fingerprint density at radius 3 is 2.77 bits per heavy atom. The first-order chi connectivity index (χ1) is 14.3. The molecule has 2 atom stereocenters. The van der Waals surface area contributed by atoms with Crippen LogP contribution in [0.3, 0.4) is 0 Å². The molecule has 1 aliphatic rings. The summed E-state index contributed by atoms with van der Waals surface area (Å²) >= 11 is 0.811. The summed E-state index contributed by atoms with van der Waals surface area (Å²) in [6.07, 6.45) is -0.955. The molecule has 0 saturated carbocycles. The zero-order valence-corrected chi connectivity index (χ0v) is 16.6. The molecular weight excluding hydrogens is 422 g/mol. The SMILES string of the molecule is CCOC(=O)[C@@H]1CN(C(=O)O)CC[C@@H]1NC(=O)c1nnc(-c2ccc(F)cc2F)s1. The van der Waals surface area contributed by atoms with E-state index >= 15 is 0 Å². The summed E-state index contributed by atoms with van der Waals surface area (Å²) in [5, 5.41) is 19.4. The highest BCUT2D eigenvalue weighted by molar-refractivity contribution is 7.16. The van der Waals surface area contributed by atoms with E-state index in [0.29, 0.717) is 6.07 Å². The van der Waals surface area contributed by atoms with Crippen molar-refractivity contribution in [2.75, 3.05) is 19.7 Å². The number of ether oxygens (including phenoxy) is 1. The van der Waals surface area contributed by atoms with Crippen LogP contribution in [-0.2, 0) is 9.53 Å². The molecule has 2 N–H and O–H groups in total. The molecule has 0 unspecified atom stereocenters. The molecule has 1 saturated heterocycles. The Bertz CT molecular complexity index is 970. The molecule has 1 aromatic carbocycles. The van der Waals surface area contributed by atoms with Gasteiger partial charge in [-0.15, -0.1) is 10.2 Å². The van der Waals surface area contributed by atoms with Crippen LogP contribution in [0.5, 0.6) is 0 Å². The predicted molar refractivity (Wildman–Crippen MR) is 101 cm³/mol. The Hall–Kier alpha value is -3.15. The normalized spacial score (nSPS) is 18.7. The van der Waals surface area contributed by atoms with Gasteiger partial charge >= 0.3 is 12.1 Å². The summed E-state index contributed by atoms with van der Waals surface area (Å²) in [6.45, 7) is 1.77. The van der Waals surface area contributed by atoms with Gasteiger partial charge in [-0.1, -0.05) is 11.3 Å². The molecule has 0 spiro atoms. The van der Waals surface area contributed by atoms with Crippen LogP contribution in [0.4, 0.5) is 13.6 Å². The van der Waals surface area contributed by atoms with Crippen molar-refractivity contribution >= 4 is 29.3 Å². The molecule has 2 aromatic rings. The molecule has 0 bridgehead atoms. The van der Waals surface area contributed by atoms with E-state index in [0.717, 1.165) is 22.3 Å². The van der Waals surface area contributed by atoms with Gasteiger partial charge in [-0.3, -0.25) is 9.59 Å². The van der Waals surface area contributed by atoms with Crippen molar-refractivity contribution in [3.05, 3.63) is 34.8 Å². The van der Waals surface area contributed by atoms with E-state index in [9.17, 15) is 28.3 Å². The fourth-order valence-electron chi connectivity index (χ4n) is 3.10.